The first-order chi connectivity index (χ1) is 7.81. The van der Waals surface area contributed by atoms with Crippen molar-refractivity contribution in [1.82, 2.24) is 0 Å². The van der Waals surface area contributed by atoms with Gasteiger partial charge in [0.25, 0.3) is 0 Å². The highest BCUT2D eigenvalue weighted by atomic mass is 16.1. The van der Waals surface area contributed by atoms with Crippen LogP contribution < -0.4 is 0 Å². The predicted octanol–water partition coefficient (Wildman–Crippen LogP) is 5.05. The van der Waals surface area contributed by atoms with Crippen molar-refractivity contribution in [2.24, 2.45) is 0 Å². The Kier molecular flexibility index (Phi) is 12.0. The van der Waals surface area contributed by atoms with Crippen LogP contribution >= 0.6 is 0 Å². The molecule has 0 aromatic rings. The molecular formula is C15H28O. The summed E-state index contributed by atoms with van der Waals surface area (Å²) in [6.45, 7) is 4.29. The summed E-state index contributed by atoms with van der Waals surface area (Å²) in [4.78, 5) is 11.2. The lowest BCUT2D eigenvalue weighted by molar-refractivity contribution is -0.119. The highest BCUT2D eigenvalue weighted by Gasteiger charge is 1.98. The third-order valence-electron chi connectivity index (χ3n) is 2.75. The van der Waals surface area contributed by atoms with E-state index in [2.05, 4.69) is 26.0 Å². The summed E-state index contributed by atoms with van der Waals surface area (Å²) in [7, 11) is 0. The average molecular weight is 224 g/mol. The van der Waals surface area contributed by atoms with Crippen LogP contribution in [0.1, 0.15) is 78.1 Å². The van der Waals surface area contributed by atoms with Crippen molar-refractivity contribution < 1.29 is 4.79 Å². The fourth-order valence-corrected chi connectivity index (χ4v) is 1.72. The highest BCUT2D eigenvalue weighted by molar-refractivity contribution is 5.78. The average Bonchev–Trinajstić information content (AvgIpc) is 2.27. The summed E-state index contributed by atoms with van der Waals surface area (Å²) in [6.07, 6.45) is 15.7. The quantitative estimate of drug-likeness (QED) is 0.354. The summed E-state index contributed by atoms with van der Waals surface area (Å²) in [5, 5.41) is 0. The van der Waals surface area contributed by atoms with E-state index in [0.717, 1.165) is 25.7 Å². The molecule has 1 nitrogen and oxygen atoms in total. The SMILES string of the molecule is CCCC/C=C/CCCCCC(=O)CCC. The lowest BCUT2D eigenvalue weighted by Crippen LogP contribution is -1.95. The number of carbonyl (C=O) groups is 1. The van der Waals surface area contributed by atoms with Gasteiger partial charge in [0, 0.05) is 12.8 Å². The van der Waals surface area contributed by atoms with Crippen LogP contribution in [0.15, 0.2) is 12.2 Å². The molecule has 0 atom stereocenters. The summed E-state index contributed by atoms with van der Waals surface area (Å²) in [5.74, 6) is 0.445. The van der Waals surface area contributed by atoms with Gasteiger partial charge in [-0.05, 0) is 32.1 Å². The Morgan fingerprint density at radius 3 is 2.12 bits per heavy atom. The molecule has 0 fully saturated rings. The summed E-state index contributed by atoms with van der Waals surface area (Å²) in [5.41, 5.74) is 0. The molecule has 0 aliphatic heterocycles. The van der Waals surface area contributed by atoms with Crippen LogP contribution in [-0.2, 0) is 4.79 Å². The van der Waals surface area contributed by atoms with E-state index in [9.17, 15) is 4.79 Å². The molecule has 94 valence electrons. The molecule has 16 heavy (non-hydrogen) atoms. The molecule has 0 aromatic carbocycles. The maximum atomic E-state index is 11.2. The minimum Gasteiger partial charge on any atom is -0.300 e. The molecule has 0 saturated carbocycles. The predicted molar refractivity (Wildman–Crippen MR) is 71.7 cm³/mol. The number of allylic oxidation sites excluding steroid dienone is 2. The van der Waals surface area contributed by atoms with E-state index in [1.165, 1.54) is 38.5 Å². The number of hydrogen-bond donors (Lipinski definition) is 0. The molecule has 0 radical (unpaired) electrons. The van der Waals surface area contributed by atoms with Gasteiger partial charge in [-0.25, -0.2) is 0 Å². The van der Waals surface area contributed by atoms with Gasteiger partial charge < -0.3 is 0 Å². The molecule has 0 unspecified atom stereocenters. The second-order valence-electron chi connectivity index (χ2n) is 4.50. The van der Waals surface area contributed by atoms with Gasteiger partial charge in [-0.2, -0.15) is 0 Å². The first-order valence-corrected chi connectivity index (χ1v) is 6.98. The normalized spacial score (nSPS) is 11.1. The van der Waals surface area contributed by atoms with Crippen LogP contribution in [0.25, 0.3) is 0 Å². The van der Waals surface area contributed by atoms with Crippen LogP contribution in [0.3, 0.4) is 0 Å². The van der Waals surface area contributed by atoms with Gasteiger partial charge in [-0.3, -0.25) is 4.79 Å². The van der Waals surface area contributed by atoms with E-state index in [1.807, 2.05) is 0 Å². The summed E-state index contributed by atoms with van der Waals surface area (Å²) < 4.78 is 0. The van der Waals surface area contributed by atoms with Gasteiger partial charge in [-0.1, -0.05) is 45.3 Å². The zero-order valence-electron chi connectivity index (χ0n) is 11.1. The Bertz CT molecular complexity index is 182. The molecule has 0 rings (SSSR count). The molecule has 1 heteroatoms. The van der Waals surface area contributed by atoms with Crippen molar-refractivity contribution in [2.75, 3.05) is 0 Å². The van der Waals surface area contributed by atoms with Crippen LogP contribution in [-0.4, -0.2) is 5.78 Å². The number of carbonyl (C=O) groups excluding carboxylic acids is 1. The second-order valence-corrected chi connectivity index (χ2v) is 4.50. The van der Waals surface area contributed by atoms with Crippen molar-refractivity contribution >= 4 is 5.78 Å². The molecule has 0 heterocycles. The first-order valence-electron chi connectivity index (χ1n) is 6.98. The number of rotatable bonds is 11. The lowest BCUT2D eigenvalue weighted by Gasteiger charge is -1.98. The third kappa shape index (κ3) is 11.5. The lowest BCUT2D eigenvalue weighted by atomic mass is 10.1. The maximum Gasteiger partial charge on any atom is 0.132 e. The van der Waals surface area contributed by atoms with Gasteiger partial charge in [0.1, 0.15) is 5.78 Å². The number of ketones is 1. The monoisotopic (exact) mass is 224 g/mol. The number of Topliss-reactive ketones (excluding diaryl/α,β-unsaturated/α-hetero) is 1. The van der Waals surface area contributed by atoms with E-state index in [4.69, 9.17) is 0 Å². The third-order valence-corrected chi connectivity index (χ3v) is 2.75. The van der Waals surface area contributed by atoms with Crippen molar-refractivity contribution in [1.29, 1.82) is 0 Å². The minimum absolute atomic E-state index is 0.445. The fraction of sp³-hybridized carbons (Fsp3) is 0.800. The summed E-state index contributed by atoms with van der Waals surface area (Å²) >= 11 is 0. The van der Waals surface area contributed by atoms with E-state index in [0.29, 0.717) is 5.78 Å². The van der Waals surface area contributed by atoms with Crippen molar-refractivity contribution in [2.45, 2.75) is 78.1 Å². The maximum absolute atomic E-state index is 11.2. The van der Waals surface area contributed by atoms with E-state index in [-0.39, 0.29) is 0 Å². The van der Waals surface area contributed by atoms with Crippen LogP contribution in [0, 0.1) is 0 Å². The molecule has 0 saturated heterocycles. The zero-order valence-corrected chi connectivity index (χ0v) is 11.1. The standard InChI is InChI=1S/C15H28O/c1-3-5-6-7-8-9-10-11-12-14-15(16)13-4-2/h7-8H,3-6,9-14H2,1-2H3/b8-7+. The zero-order chi connectivity index (χ0) is 12.1. The minimum atomic E-state index is 0.445. The van der Waals surface area contributed by atoms with Crippen molar-refractivity contribution in [3.8, 4) is 0 Å². The van der Waals surface area contributed by atoms with Crippen LogP contribution in [0.5, 0.6) is 0 Å². The van der Waals surface area contributed by atoms with Gasteiger partial charge in [-0.15, -0.1) is 0 Å². The molecule has 0 N–H and O–H groups in total. The molecular weight excluding hydrogens is 196 g/mol. The largest absolute Gasteiger partial charge is 0.300 e. The molecule has 0 amide bonds. The molecule has 0 aliphatic carbocycles. The highest BCUT2D eigenvalue weighted by Crippen LogP contribution is 2.07. The first kappa shape index (κ1) is 15.4. The van der Waals surface area contributed by atoms with Crippen molar-refractivity contribution in [3.63, 3.8) is 0 Å². The van der Waals surface area contributed by atoms with E-state index >= 15 is 0 Å². The topological polar surface area (TPSA) is 17.1 Å². The number of unbranched alkanes of at least 4 members (excludes halogenated alkanes) is 5. The Labute approximate surface area is 101 Å². The van der Waals surface area contributed by atoms with E-state index in [1.54, 1.807) is 0 Å². The molecule has 0 bridgehead atoms. The Morgan fingerprint density at radius 1 is 0.812 bits per heavy atom. The Hall–Kier alpha value is -0.590. The van der Waals surface area contributed by atoms with Gasteiger partial charge in [0.15, 0.2) is 0 Å². The second kappa shape index (κ2) is 12.5. The Balaban J connectivity index is 3.15. The fourth-order valence-electron chi connectivity index (χ4n) is 1.72. The Morgan fingerprint density at radius 2 is 1.50 bits per heavy atom. The molecule has 0 aromatic heterocycles. The molecule has 0 spiro atoms. The smallest absolute Gasteiger partial charge is 0.132 e. The van der Waals surface area contributed by atoms with Crippen LogP contribution in [0.4, 0.5) is 0 Å². The summed E-state index contributed by atoms with van der Waals surface area (Å²) in [6, 6.07) is 0. The van der Waals surface area contributed by atoms with E-state index < -0.39 is 0 Å². The van der Waals surface area contributed by atoms with Gasteiger partial charge >= 0.3 is 0 Å². The van der Waals surface area contributed by atoms with Crippen LogP contribution in [0.2, 0.25) is 0 Å². The number of hydrogen-bond acceptors (Lipinski definition) is 1. The molecule has 0 aliphatic rings. The van der Waals surface area contributed by atoms with Crippen molar-refractivity contribution in [3.05, 3.63) is 12.2 Å². The van der Waals surface area contributed by atoms with Gasteiger partial charge in [0.2, 0.25) is 0 Å². The van der Waals surface area contributed by atoms with Gasteiger partial charge in [0.05, 0.1) is 0 Å².